The summed E-state index contributed by atoms with van der Waals surface area (Å²) in [6.07, 6.45) is 0.915. The molecule has 0 aromatic heterocycles. The molecule has 20 heavy (non-hydrogen) atoms. The van der Waals surface area contributed by atoms with Crippen LogP contribution in [0.1, 0.15) is 45.6 Å². The summed E-state index contributed by atoms with van der Waals surface area (Å²) in [7, 11) is 0. The van der Waals surface area contributed by atoms with E-state index in [1.807, 2.05) is 30.0 Å². The highest BCUT2D eigenvalue weighted by atomic mass is 35.5. The van der Waals surface area contributed by atoms with Gasteiger partial charge in [0.25, 0.3) is 0 Å². The Bertz CT molecular complexity index is 513. The van der Waals surface area contributed by atoms with Crippen molar-refractivity contribution in [1.29, 1.82) is 0 Å². The van der Waals surface area contributed by atoms with E-state index in [1.54, 1.807) is 0 Å². The van der Waals surface area contributed by atoms with Gasteiger partial charge < -0.3 is 9.64 Å². The minimum absolute atomic E-state index is 0.00443. The molecule has 1 aromatic carbocycles. The molecule has 1 amide bonds. The molecule has 0 N–H and O–H groups in total. The molecule has 0 spiro atoms. The van der Waals surface area contributed by atoms with E-state index >= 15 is 0 Å². The van der Waals surface area contributed by atoms with Crippen LogP contribution in [0.5, 0.6) is 5.75 Å². The first-order chi connectivity index (χ1) is 9.40. The molecule has 0 saturated heterocycles. The van der Waals surface area contributed by atoms with Crippen molar-refractivity contribution in [1.82, 2.24) is 0 Å². The first-order valence-electron chi connectivity index (χ1n) is 7.06. The maximum Gasteiger partial charge on any atom is 0.242 e. The lowest BCUT2D eigenvalue weighted by Crippen LogP contribution is -2.52. The second-order valence-electron chi connectivity index (χ2n) is 5.93. The molecule has 4 heteroatoms. The Labute approximate surface area is 125 Å². The molecular formula is C16H22ClNO2. The minimum Gasteiger partial charge on any atom is -0.494 e. The highest BCUT2D eigenvalue weighted by Crippen LogP contribution is 2.44. The molecule has 110 valence electrons. The summed E-state index contributed by atoms with van der Waals surface area (Å²) in [6, 6.07) is 5.94. The summed E-state index contributed by atoms with van der Waals surface area (Å²) in [5.74, 6) is 1.20. The summed E-state index contributed by atoms with van der Waals surface area (Å²) in [6.45, 7) is 8.98. The van der Waals surface area contributed by atoms with Crippen molar-refractivity contribution >= 4 is 23.2 Å². The number of fused-ring (bicyclic) bond motifs is 1. The number of hydrogen-bond donors (Lipinski definition) is 0. The van der Waals surface area contributed by atoms with Gasteiger partial charge in [0.1, 0.15) is 11.6 Å². The molecule has 0 fully saturated rings. The van der Waals surface area contributed by atoms with Crippen molar-refractivity contribution in [3.8, 4) is 5.75 Å². The number of carbonyl (C=O) groups excluding carboxylic acids is 1. The lowest BCUT2D eigenvalue weighted by atomic mass is 9.80. The van der Waals surface area contributed by atoms with Crippen LogP contribution in [0.2, 0.25) is 0 Å². The summed E-state index contributed by atoms with van der Waals surface area (Å²) in [5.41, 5.74) is 1.91. The fourth-order valence-corrected chi connectivity index (χ4v) is 3.32. The molecule has 0 bridgehead atoms. The third kappa shape index (κ3) is 2.64. The molecule has 1 aliphatic rings. The Balaban J connectivity index is 2.51. The van der Waals surface area contributed by atoms with E-state index in [1.165, 1.54) is 0 Å². The topological polar surface area (TPSA) is 29.5 Å². The van der Waals surface area contributed by atoms with Crippen molar-refractivity contribution in [3.05, 3.63) is 23.8 Å². The lowest BCUT2D eigenvalue weighted by molar-refractivity contribution is -0.117. The maximum absolute atomic E-state index is 12.2. The van der Waals surface area contributed by atoms with Gasteiger partial charge in [0.2, 0.25) is 5.91 Å². The Morgan fingerprint density at radius 3 is 2.80 bits per heavy atom. The maximum atomic E-state index is 12.2. The molecule has 1 aliphatic heterocycles. The van der Waals surface area contributed by atoms with Crippen molar-refractivity contribution in [2.24, 2.45) is 0 Å². The first-order valence-corrected chi connectivity index (χ1v) is 7.60. The van der Waals surface area contributed by atoms with Gasteiger partial charge in [-0.2, -0.15) is 0 Å². The van der Waals surface area contributed by atoms with Crippen LogP contribution in [0.4, 0.5) is 5.69 Å². The molecule has 1 atom stereocenters. The predicted molar refractivity (Wildman–Crippen MR) is 82.9 cm³/mol. The normalized spacial score (nSPS) is 20.4. The van der Waals surface area contributed by atoms with Crippen LogP contribution in [0.25, 0.3) is 0 Å². The average Bonchev–Trinajstić information content (AvgIpc) is 2.38. The molecule has 0 unspecified atom stereocenters. The van der Waals surface area contributed by atoms with Gasteiger partial charge >= 0.3 is 0 Å². The van der Waals surface area contributed by atoms with E-state index in [-0.39, 0.29) is 17.3 Å². The summed E-state index contributed by atoms with van der Waals surface area (Å²) in [4.78, 5) is 14.1. The highest BCUT2D eigenvalue weighted by molar-refractivity contribution is 6.29. The Hall–Kier alpha value is -1.22. The van der Waals surface area contributed by atoms with E-state index in [0.717, 1.165) is 23.4 Å². The largest absolute Gasteiger partial charge is 0.494 e. The molecule has 1 heterocycles. The van der Waals surface area contributed by atoms with Gasteiger partial charge in [-0.3, -0.25) is 4.79 Å². The number of rotatable bonds is 3. The van der Waals surface area contributed by atoms with E-state index in [0.29, 0.717) is 12.5 Å². The number of halogens is 1. The Morgan fingerprint density at radius 2 is 2.20 bits per heavy atom. The van der Waals surface area contributed by atoms with Crippen LogP contribution in [0, 0.1) is 0 Å². The van der Waals surface area contributed by atoms with Gasteiger partial charge in [0.05, 0.1) is 6.61 Å². The number of nitrogens with zero attached hydrogens (tertiary/aromatic N) is 1. The molecule has 0 saturated carbocycles. The van der Waals surface area contributed by atoms with Crippen LogP contribution in [-0.4, -0.2) is 23.9 Å². The summed E-state index contributed by atoms with van der Waals surface area (Å²) < 4.78 is 5.56. The second-order valence-corrected chi connectivity index (χ2v) is 6.20. The van der Waals surface area contributed by atoms with Crippen LogP contribution in [0.15, 0.2) is 18.2 Å². The van der Waals surface area contributed by atoms with Gasteiger partial charge in [0.15, 0.2) is 0 Å². The number of anilines is 1. The Kier molecular flexibility index (Phi) is 4.28. The van der Waals surface area contributed by atoms with Crippen molar-refractivity contribution in [2.45, 2.75) is 45.6 Å². The lowest BCUT2D eigenvalue weighted by Gasteiger charge is -2.45. The number of alkyl halides is 1. The SMILES string of the molecule is CCOc1ccc2c(c1)[C@H](C)CC(C)(C)N2C(=O)CCl. The van der Waals surface area contributed by atoms with Gasteiger partial charge in [-0.15, -0.1) is 11.6 Å². The number of hydrogen-bond acceptors (Lipinski definition) is 2. The second kappa shape index (κ2) is 5.65. The van der Waals surface area contributed by atoms with E-state index in [4.69, 9.17) is 16.3 Å². The van der Waals surface area contributed by atoms with Gasteiger partial charge in [-0.25, -0.2) is 0 Å². The smallest absolute Gasteiger partial charge is 0.242 e. The molecule has 0 aliphatic carbocycles. The predicted octanol–water partition coefficient (Wildman–Crippen LogP) is 3.94. The van der Waals surface area contributed by atoms with Crippen molar-refractivity contribution in [2.75, 3.05) is 17.4 Å². The van der Waals surface area contributed by atoms with Crippen molar-refractivity contribution in [3.63, 3.8) is 0 Å². The van der Waals surface area contributed by atoms with Crippen LogP contribution < -0.4 is 9.64 Å². The third-order valence-electron chi connectivity index (χ3n) is 3.86. The molecular weight excluding hydrogens is 274 g/mol. The van der Waals surface area contributed by atoms with Crippen LogP contribution in [0.3, 0.4) is 0 Å². The van der Waals surface area contributed by atoms with Crippen LogP contribution >= 0.6 is 11.6 Å². The van der Waals surface area contributed by atoms with Crippen molar-refractivity contribution < 1.29 is 9.53 Å². The third-order valence-corrected chi connectivity index (χ3v) is 4.09. The fraction of sp³-hybridized carbons (Fsp3) is 0.562. The van der Waals surface area contributed by atoms with Gasteiger partial charge in [-0.1, -0.05) is 6.92 Å². The standard InChI is InChI=1S/C16H22ClNO2/c1-5-20-12-6-7-14-13(8-12)11(2)9-16(3,4)18(14)15(19)10-17/h6-8,11H,5,9-10H2,1-4H3/t11-/m1/s1. The fourth-order valence-electron chi connectivity index (χ4n) is 3.20. The van der Waals surface area contributed by atoms with Crippen LogP contribution in [-0.2, 0) is 4.79 Å². The number of ether oxygens (including phenoxy) is 1. The molecule has 2 rings (SSSR count). The highest BCUT2D eigenvalue weighted by Gasteiger charge is 2.39. The van der Waals surface area contributed by atoms with E-state index in [2.05, 4.69) is 20.8 Å². The molecule has 1 aromatic rings. The number of carbonyl (C=O) groups is 1. The first kappa shape index (κ1) is 15.2. The molecule has 3 nitrogen and oxygen atoms in total. The van der Waals surface area contributed by atoms with Gasteiger partial charge in [0, 0.05) is 11.2 Å². The van der Waals surface area contributed by atoms with Gasteiger partial charge in [-0.05, 0) is 56.9 Å². The molecule has 0 radical (unpaired) electrons. The van der Waals surface area contributed by atoms with E-state index in [9.17, 15) is 4.79 Å². The number of benzene rings is 1. The number of amides is 1. The zero-order chi connectivity index (χ0) is 14.9. The minimum atomic E-state index is -0.217. The zero-order valence-corrected chi connectivity index (χ0v) is 13.3. The quantitative estimate of drug-likeness (QED) is 0.790. The summed E-state index contributed by atoms with van der Waals surface area (Å²) >= 11 is 5.78. The Morgan fingerprint density at radius 1 is 1.50 bits per heavy atom. The average molecular weight is 296 g/mol. The monoisotopic (exact) mass is 295 g/mol. The summed E-state index contributed by atoms with van der Waals surface area (Å²) in [5, 5.41) is 0. The van der Waals surface area contributed by atoms with E-state index < -0.39 is 0 Å². The zero-order valence-electron chi connectivity index (χ0n) is 12.6.